The van der Waals surface area contributed by atoms with Crippen LogP contribution in [0.4, 0.5) is 4.79 Å². The largest absolute Gasteiger partial charge is 0.444 e. The van der Waals surface area contributed by atoms with E-state index in [1.807, 2.05) is 26.8 Å². The first-order chi connectivity index (χ1) is 12.2. The van der Waals surface area contributed by atoms with Crippen LogP contribution in [0.25, 0.3) is 0 Å². The van der Waals surface area contributed by atoms with E-state index in [1.165, 1.54) is 0 Å². The second-order valence-corrected chi connectivity index (χ2v) is 8.40. The molecule has 26 heavy (non-hydrogen) atoms. The van der Waals surface area contributed by atoms with Crippen molar-refractivity contribution in [3.8, 4) is 0 Å². The molecule has 1 aromatic rings. The Bertz CT molecular complexity index is 702. The Morgan fingerprint density at radius 1 is 1.35 bits per heavy atom. The Kier molecular flexibility index (Phi) is 5.42. The maximum atomic E-state index is 12.9. The van der Waals surface area contributed by atoms with Gasteiger partial charge in [-0.2, -0.15) is 0 Å². The minimum atomic E-state index is -0.579. The number of pyridine rings is 1. The average Bonchev–Trinajstić information content (AvgIpc) is 2.95. The van der Waals surface area contributed by atoms with Crippen molar-refractivity contribution in [2.24, 2.45) is 0 Å². The van der Waals surface area contributed by atoms with Crippen LogP contribution in [0.15, 0.2) is 12.1 Å². The van der Waals surface area contributed by atoms with Gasteiger partial charge in [-0.1, -0.05) is 17.7 Å². The average molecular weight is 380 g/mol. The minimum absolute atomic E-state index is 0.0385. The normalized spacial score (nSPS) is 22.5. The van der Waals surface area contributed by atoms with Crippen LogP contribution in [0.1, 0.15) is 63.8 Å². The zero-order valence-corrected chi connectivity index (χ0v) is 16.3. The number of hydrogen-bond acceptors (Lipinski definition) is 4. The summed E-state index contributed by atoms with van der Waals surface area (Å²) < 4.78 is 5.66. The van der Waals surface area contributed by atoms with Crippen molar-refractivity contribution in [3.05, 3.63) is 28.5 Å². The lowest BCUT2D eigenvalue weighted by molar-refractivity contribution is -0.119. The maximum absolute atomic E-state index is 12.9. The van der Waals surface area contributed by atoms with Gasteiger partial charge in [0.2, 0.25) is 5.91 Å². The molecule has 7 heteroatoms. The zero-order valence-electron chi connectivity index (χ0n) is 15.5. The lowest BCUT2D eigenvalue weighted by Gasteiger charge is -2.37. The highest BCUT2D eigenvalue weighted by atomic mass is 35.5. The molecule has 0 bridgehead atoms. The summed E-state index contributed by atoms with van der Waals surface area (Å²) in [6.45, 7) is 6.01. The van der Waals surface area contributed by atoms with Crippen molar-refractivity contribution in [3.63, 3.8) is 0 Å². The number of rotatable bonds is 3. The van der Waals surface area contributed by atoms with Crippen LogP contribution in [0, 0.1) is 0 Å². The molecule has 2 amide bonds. The van der Waals surface area contributed by atoms with Gasteiger partial charge < -0.3 is 10.1 Å². The molecule has 1 aromatic heterocycles. The number of aromatic nitrogens is 1. The van der Waals surface area contributed by atoms with Crippen molar-refractivity contribution in [1.29, 1.82) is 0 Å². The summed E-state index contributed by atoms with van der Waals surface area (Å²) in [6, 6.07) is 3.57. The van der Waals surface area contributed by atoms with Gasteiger partial charge in [0.1, 0.15) is 10.8 Å². The van der Waals surface area contributed by atoms with E-state index < -0.39 is 5.60 Å². The fourth-order valence-corrected chi connectivity index (χ4v) is 3.80. The molecule has 2 aliphatic rings. The SMILES string of the molecule is CC(C)(C)OC(=O)N(C[C@@H]1CCC(=O)N1)[C@@H]1CCCc2nc(Cl)ccc21. The lowest BCUT2D eigenvalue weighted by Crippen LogP contribution is -2.46. The lowest BCUT2D eigenvalue weighted by atomic mass is 9.90. The molecule has 142 valence electrons. The molecule has 0 radical (unpaired) electrons. The van der Waals surface area contributed by atoms with E-state index in [0.717, 1.165) is 36.9 Å². The first-order valence-electron chi connectivity index (χ1n) is 9.17. The molecule has 1 aliphatic heterocycles. The van der Waals surface area contributed by atoms with Gasteiger partial charge in [0.25, 0.3) is 0 Å². The van der Waals surface area contributed by atoms with Gasteiger partial charge in [0, 0.05) is 24.7 Å². The summed E-state index contributed by atoms with van der Waals surface area (Å²) in [7, 11) is 0. The summed E-state index contributed by atoms with van der Waals surface area (Å²) >= 11 is 6.04. The molecule has 0 spiro atoms. The molecule has 1 N–H and O–H groups in total. The van der Waals surface area contributed by atoms with E-state index in [2.05, 4.69) is 10.3 Å². The molecule has 1 aliphatic carbocycles. The Morgan fingerprint density at radius 2 is 2.12 bits per heavy atom. The number of fused-ring (bicyclic) bond motifs is 1. The molecule has 0 aromatic carbocycles. The number of halogens is 1. The van der Waals surface area contributed by atoms with Crippen LogP contribution < -0.4 is 5.32 Å². The van der Waals surface area contributed by atoms with Crippen molar-refractivity contribution in [1.82, 2.24) is 15.2 Å². The van der Waals surface area contributed by atoms with E-state index in [4.69, 9.17) is 16.3 Å². The van der Waals surface area contributed by atoms with Gasteiger partial charge in [-0.3, -0.25) is 9.69 Å². The smallest absolute Gasteiger partial charge is 0.410 e. The van der Waals surface area contributed by atoms with Crippen molar-refractivity contribution >= 4 is 23.6 Å². The number of ether oxygens (including phenoxy) is 1. The number of hydrogen-bond donors (Lipinski definition) is 1. The van der Waals surface area contributed by atoms with E-state index in [1.54, 1.807) is 11.0 Å². The highest BCUT2D eigenvalue weighted by molar-refractivity contribution is 6.29. The van der Waals surface area contributed by atoms with Gasteiger partial charge in [-0.05, 0) is 58.1 Å². The van der Waals surface area contributed by atoms with E-state index >= 15 is 0 Å². The second kappa shape index (κ2) is 7.43. The predicted molar refractivity (Wildman–Crippen MR) is 99.0 cm³/mol. The van der Waals surface area contributed by atoms with Gasteiger partial charge in [0.05, 0.1) is 6.04 Å². The maximum Gasteiger partial charge on any atom is 0.410 e. The third kappa shape index (κ3) is 4.47. The third-order valence-electron chi connectivity index (χ3n) is 4.73. The van der Waals surface area contributed by atoms with Gasteiger partial charge in [-0.25, -0.2) is 9.78 Å². The topological polar surface area (TPSA) is 71.5 Å². The fraction of sp³-hybridized carbons (Fsp3) is 0.632. The summed E-state index contributed by atoms with van der Waals surface area (Å²) in [6.07, 6.45) is 3.51. The first kappa shape index (κ1) is 19.0. The highest BCUT2D eigenvalue weighted by Gasteiger charge is 2.35. The Labute approximate surface area is 159 Å². The van der Waals surface area contributed by atoms with Crippen LogP contribution in [-0.2, 0) is 16.0 Å². The molecule has 0 saturated carbocycles. The molecule has 6 nitrogen and oxygen atoms in total. The molecular weight excluding hydrogens is 354 g/mol. The first-order valence-corrected chi connectivity index (χ1v) is 9.55. The van der Waals surface area contributed by atoms with Crippen molar-refractivity contribution in [2.75, 3.05) is 6.54 Å². The summed E-state index contributed by atoms with van der Waals surface area (Å²) in [4.78, 5) is 30.7. The van der Waals surface area contributed by atoms with Crippen LogP contribution in [0.2, 0.25) is 5.15 Å². The van der Waals surface area contributed by atoms with E-state index in [-0.39, 0.29) is 24.1 Å². The number of carbonyl (C=O) groups excluding carboxylic acids is 2. The van der Waals surface area contributed by atoms with E-state index in [9.17, 15) is 9.59 Å². The molecule has 2 heterocycles. The number of carbonyl (C=O) groups is 2. The fourth-order valence-electron chi connectivity index (χ4n) is 3.63. The van der Waals surface area contributed by atoms with Crippen LogP contribution in [0.3, 0.4) is 0 Å². The summed E-state index contributed by atoms with van der Waals surface area (Å²) in [5, 5.41) is 3.42. The summed E-state index contributed by atoms with van der Waals surface area (Å²) in [5.41, 5.74) is 1.39. The number of amides is 2. The highest BCUT2D eigenvalue weighted by Crippen LogP contribution is 2.35. The summed E-state index contributed by atoms with van der Waals surface area (Å²) in [5.74, 6) is 0.0385. The zero-order chi connectivity index (χ0) is 18.9. The molecule has 3 rings (SSSR count). The van der Waals surface area contributed by atoms with Crippen molar-refractivity contribution < 1.29 is 14.3 Å². The Morgan fingerprint density at radius 3 is 2.77 bits per heavy atom. The van der Waals surface area contributed by atoms with Crippen molar-refractivity contribution in [2.45, 2.75) is 70.6 Å². The standard InChI is InChI=1S/C19H26ClN3O3/c1-19(2,3)26-18(25)23(11-12-7-10-17(24)21-12)15-6-4-5-14-13(15)8-9-16(20)22-14/h8-9,12,15H,4-7,10-11H2,1-3H3,(H,21,24)/t12-,15+/m0/s1. The van der Waals surface area contributed by atoms with Gasteiger partial charge in [0.15, 0.2) is 0 Å². The number of aryl methyl sites for hydroxylation is 1. The quantitative estimate of drug-likeness (QED) is 0.814. The number of nitrogens with one attached hydrogen (secondary N) is 1. The molecular formula is C19H26ClN3O3. The van der Waals surface area contributed by atoms with Gasteiger partial charge >= 0.3 is 6.09 Å². The third-order valence-corrected chi connectivity index (χ3v) is 4.94. The second-order valence-electron chi connectivity index (χ2n) is 8.01. The van der Waals surface area contributed by atoms with Crippen LogP contribution in [-0.4, -0.2) is 40.1 Å². The number of nitrogens with zero attached hydrogens (tertiary/aromatic N) is 2. The van der Waals surface area contributed by atoms with E-state index in [0.29, 0.717) is 18.1 Å². The minimum Gasteiger partial charge on any atom is -0.444 e. The molecule has 1 saturated heterocycles. The molecule has 0 unspecified atom stereocenters. The van der Waals surface area contributed by atoms with Gasteiger partial charge in [-0.15, -0.1) is 0 Å². The Balaban J connectivity index is 1.88. The predicted octanol–water partition coefficient (Wildman–Crippen LogP) is 3.63. The van der Waals surface area contributed by atoms with Crippen LogP contribution >= 0.6 is 11.6 Å². The Hall–Kier alpha value is -1.82. The monoisotopic (exact) mass is 379 g/mol. The molecule has 2 atom stereocenters. The molecule has 1 fully saturated rings. The van der Waals surface area contributed by atoms with Crippen LogP contribution in [0.5, 0.6) is 0 Å².